The van der Waals surface area contributed by atoms with E-state index in [9.17, 15) is 9.90 Å². The fourth-order valence-corrected chi connectivity index (χ4v) is 5.90. The topological polar surface area (TPSA) is 139 Å². The molecular weight excluding hydrogens is 542 g/mol. The van der Waals surface area contributed by atoms with Gasteiger partial charge in [0, 0.05) is 46.8 Å². The average molecular weight is 580 g/mol. The smallest absolute Gasteiger partial charge is 0.255 e. The van der Waals surface area contributed by atoms with Crippen LogP contribution in [0.3, 0.4) is 0 Å². The average Bonchev–Trinajstić information content (AvgIpc) is 3.05. The summed E-state index contributed by atoms with van der Waals surface area (Å²) >= 11 is 0. The fourth-order valence-electron chi connectivity index (χ4n) is 5.90. The number of carbonyl (C=O) groups is 1. The maximum absolute atomic E-state index is 13.2. The Hall–Kier alpha value is -4.54. The lowest BCUT2D eigenvalue weighted by Gasteiger charge is -2.28. The van der Waals surface area contributed by atoms with E-state index in [1.54, 1.807) is 18.2 Å². The van der Waals surface area contributed by atoms with Crippen LogP contribution < -0.4 is 21.3 Å². The molecule has 0 atom stereocenters. The van der Waals surface area contributed by atoms with Crippen molar-refractivity contribution >= 4 is 34.9 Å². The van der Waals surface area contributed by atoms with Gasteiger partial charge in [-0.3, -0.25) is 4.79 Å². The minimum atomic E-state index is -0.330. The number of amides is 1. The second-order valence-corrected chi connectivity index (χ2v) is 11.0. The van der Waals surface area contributed by atoms with Crippen LogP contribution in [-0.4, -0.2) is 52.3 Å². The molecule has 0 radical (unpaired) electrons. The van der Waals surface area contributed by atoms with Gasteiger partial charge in [0.1, 0.15) is 0 Å². The summed E-state index contributed by atoms with van der Waals surface area (Å²) in [7, 11) is 0. The second-order valence-electron chi connectivity index (χ2n) is 11.0. The molecule has 3 aromatic carbocycles. The van der Waals surface area contributed by atoms with E-state index in [4.69, 9.17) is 10.5 Å². The third-order valence-corrected chi connectivity index (χ3v) is 8.23. The second kappa shape index (κ2) is 13.2. The number of morpholine rings is 1. The number of nitrogens with zero attached hydrogens (tertiary/aromatic N) is 4. The Labute approximate surface area is 251 Å². The fraction of sp³-hybridized carbons (Fsp3) is 0.333. The molecule has 0 bridgehead atoms. The minimum absolute atomic E-state index is 0.0359. The molecule has 5 N–H and O–H groups in total. The maximum atomic E-state index is 13.2. The first-order chi connectivity index (χ1) is 21.1. The Morgan fingerprint density at radius 3 is 2.40 bits per heavy atom. The third-order valence-electron chi connectivity index (χ3n) is 8.23. The lowest BCUT2D eigenvalue weighted by Crippen LogP contribution is -2.36. The number of hydrogen-bond acceptors (Lipinski definition) is 9. The SMILES string of the molecule is Nc1nc(Nc2ccc(N3CCOCC3)cc2)nc(-c2cccc(NC(=O)c3ccc(C4CCCCC4)cc3)c2CO)n1. The van der Waals surface area contributed by atoms with Crippen LogP contribution in [0, 0.1) is 0 Å². The van der Waals surface area contributed by atoms with Gasteiger partial charge in [-0.25, -0.2) is 0 Å². The van der Waals surface area contributed by atoms with Crippen molar-refractivity contribution in [1.82, 2.24) is 15.0 Å². The highest BCUT2D eigenvalue weighted by Crippen LogP contribution is 2.33. The first-order valence-electron chi connectivity index (χ1n) is 14.9. The predicted octanol–water partition coefficient (Wildman–Crippen LogP) is 5.49. The van der Waals surface area contributed by atoms with E-state index in [-0.39, 0.29) is 30.2 Å². The predicted molar refractivity (Wildman–Crippen MR) is 169 cm³/mol. The summed E-state index contributed by atoms with van der Waals surface area (Å²) in [5, 5.41) is 16.5. The van der Waals surface area contributed by atoms with Gasteiger partial charge >= 0.3 is 0 Å². The van der Waals surface area contributed by atoms with Crippen LogP contribution in [-0.2, 0) is 11.3 Å². The Bertz CT molecular complexity index is 1550. The third kappa shape index (κ3) is 6.76. The van der Waals surface area contributed by atoms with Crippen LogP contribution in [0.5, 0.6) is 0 Å². The quantitative estimate of drug-likeness (QED) is 0.213. The lowest BCUT2D eigenvalue weighted by atomic mass is 9.84. The van der Waals surface area contributed by atoms with Crippen LogP contribution >= 0.6 is 0 Å². The molecule has 0 unspecified atom stereocenters. The van der Waals surface area contributed by atoms with Crippen molar-refractivity contribution in [2.24, 2.45) is 0 Å². The number of hydrogen-bond donors (Lipinski definition) is 4. The molecule has 6 rings (SSSR count). The zero-order chi connectivity index (χ0) is 29.6. The van der Waals surface area contributed by atoms with E-state index in [1.807, 2.05) is 36.4 Å². The molecule has 10 nitrogen and oxygen atoms in total. The van der Waals surface area contributed by atoms with Crippen LogP contribution in [0.2, 0.25) is 0 Å². The van der Waals surface area contributed by atoms with E-state index in [0.717, 1.165) is 37.7 Å². The van der Waals surface area contributed by atoms with Gasteiger partial charge in [0.15, 0.2) is 5.82 Å². The van der Waals surface area contributed by atoms with Crippen molar-refractivity contribution < 1.29 is 14.6 Å². The number of nitrogens with one attached hydrogen (secondary N) is 2. The monoisotopic (exact) mass is 579 g/mol. The summed E-state index contributed by atoms with van der Waals surface area (Å²) in [4.78, 5) is 28.6. The van der Waals surface area contributed by atoms with Crippen molar-refractivity contribution in [2.75, 3.05) is 47.6 Å². The molecule has 1 saturated heterocycles. The highest BCUT2D eigenvalue weighted by atomic mass is 16.5. The number of aliphatic hydroxyl groups excluding tert-OH is 1. The number of aromatic nitrogens is 3. The summed E-state index contributed by atoms with van der Waals surface area (Å²) in [6.45, 7) is 2.84. The Morgan fingerprint density at radius 2 is 1.67 bits per heavy atom. The van der Waals surface area contributed by atoms with Crippen molar-refractivity contribution in [1.29, 1.82) is 0 Å². The van der Waals surface area contributed by atoms with Crippen LogP contribution in [0.15, 0.2) is 66.7 Å². The zero-order valence-corrected chi connectivity index (χ0v) is 24.1. The van der Waals surface area contributed by atoms with Gasteiger partial charge in [-0.05, 0) is 66.8 Å². The molecule has 1 aliphatic carbocycles. The molecule has 43 heavy (non-hydrogen) atoms. The highest BCUT2D eigenvalue weighted by Gasteiger charge is 2.19. The van der Waals surface area contributed by atoms with Crippen LogP contribution in [0.25, 0.3) is 11.4 Å². The van der Waals surface area contributed by atoms with E-state index in [1.165, 1.54) is 37.7 Å². The maximum Gasteiger partial charge on any atom is 0.255 e. The van der Waals surface area contributed by atoms with Gasteiger partial charge in [-0.2, -0.15) is 15.0 Å². The van der Waals surface area contributed by atoms with Crippen LogP contribution in [0.4, 0.5) is 29.0 Å². The molecule has 1 amide bonds. The molecule has 1 aromatic heterocycles. The van der Waals surface area contributed by atoms with Crippen LogP contribution in [0.1, 0.15) is 59.5 Å². The van der Waals surface area contributed by atoms with Gasteiger partial charge in [0.25, 0.3) is 5.91 Å². The standard InChI is InChI=1S/C33H37N7O3/c34-32-37-30(38-33(39-32)35-25-13-15-26(16-14-25)40-17-19-43-20-18-40)27-7-4-8-29(28(27)21-41)36-31(42)24-11-9-23(10-12-24)22-5-2-1-3-6-22/h4,7-16,22,41H,1-3,5-6,17-21H2,(H,36,42)(H3,34,35,37,38,39). The number of benzene rings is 3. The highest BCUT2D eigenvalue weighted by molar-refractivity contribution is 6.05. The van der Waals surface area contributed by atoms with Crippen molar-refractivity contribution in [3.05, 3.63) is 83.4 Å². The zero-order valence-electron chi connectivity index (χ0n) is 24.1. The summed E-state index contributed by atoms with van der Waals surface area (Å²) in [6, 6.07) is 21.2. The molecule has 2 heterocycles. The molecule has 4 aromatic rings. The van der Waals surface area contributed by atoms with E-state index < -0.39 is 0 Å². The Kier molecular flexibility index (Phi) is 8.76. The molecule has 2 fully saturated rings. The van der Waals surface area contributed by atoms with E-state index >= 15 is 0 Å². The van der Waals surface area contributed by atoms with E-state index in [0.29, 0.717) is 28.3 Å². The van der Waals surface area contributed by atoms with Gasteiger partial charge in [-0.1, -0.05) is 43.5 Å². The van der Waals surface area contributed by atoms with Gasteiger partial charge in [0.05, 0.1) is 19.8 Å². The van der Waals surface area contributed by atoms with Crippen molar-refractivity contribution in [3.8, 4) is 11.4 Å². The number of rotatable bonds is 8. The first kappa shape index (κ1) is 28.6. The molecule has 0 spiro atoms. The number of anilines is 5. The molecule has 1 aliphatic heterocycles. The molecular formula is C33H37N7O3. The van der Waals surface area contributed by atoms with E-state index in [2.05, 4.69) is 42.6 Å². The van der Waals surface area contributed by atoms with Gasteiger partial charge in [-0.15, -0.1) is 0 Å². The number of ether oxygens (including phenoxy) is 1. The van der Waals surface area contributed by atoms with Crippen molar-refractivity contribution in [2.45, 2.75) is 44.6 Å². The summed E-state index contributed by atoms with van der Waals surface area (Å²) in [6.07, 6.45) is 6.25. The first-order valence-corrected chi connectivity index (χ1v) is 14.9. The normalized spacial score (nSPS) is 15.7. The molecule has 10 heteroatoms. The number of aliphatic hydroxyl groups is 1. The largest absolute Gasteiger partial charge is 0.392 e. The Morgan fingerprint density at radius 1 is 0.930 bits per heavy atom. The number of nitrogens with two attached hydrogens (primary N) is 1. The summed E-state index contributed by atoms with van der Waals surface area (Å²) in [5.41, 5.74) is 11.4. The lowest BCUT2D eigenvalue weighted by molar-refractivity contribution is 0.102. The summed E-state index contributed by atoms with van der Waals surface area (Å²) in [5.74, 6) is 0.925. The number of nitrogen functional groups attached to an aromatic ring is 1. The molecule has 1 saturated carbocycles. The minimum Gasteiger partial charge on any atom is -0.392 e. The Balaban J connectivity index is 1.19. The van der Waals surface area contributed by atoms with Crippen molar-refractivity contribution in [3.63, 3.8) is 0 Å². The van der Waals surface area contributed by atoms with Gasteiger partial charge < -0.3 is 31.1 Å². The number of carbonyl (C=O) groups excluding carboxylic acids is 1. The molecule has 2 aliphatic rings. The molecule has 222 valence electrons. The van der Waals surface area contributed by atoms with Gasteiger partial charge in [0.2, 0.25) is 11.9 Å². The summed E-state index contributed by atoms with van der Waals surface area (Å²) < 4.78 is 5.44.